The van der Waals surface area contributed by atoms with Crippen molar-refractivity contribution in [2.45, 2.75) is 24.9 Å². The zero-order chi connectivity index (χ0) is 23.7. The lowest BCUT2D eigenvalue weighted by Crippen LogP contribution is -2.40. The summed E-state index contributed by atoms with van der Waals surface area (Å²) in [6, 6.07) is 3.82. The van der Waals surface area contributed by atoms with Crippen molar-refractivity contribution in [1.82, 2.24) is 15.0 Å². The van der Waals surface area contributed by atoms with E-state index in [0.29, 0.717) is 69.9 Å². The van der Waals surface area contributed by atoms with Gasteiger partial charge in [-0.2, -0.15) is 0 Å². The van der Waals surface area contributed by atoms with Gasteiger partial charge in [-0.15, -0.1) is 0 Å². The predicted molar refractivity (Wildman–Crippen MR) is 132 cm³/mol. The van der Waals surface area contributed by atoms with E-state index < -0.39 is 0 Å². The minimum Gasteiger partial charge on any atom is -0.495 e. The van der Waals surface area contributed by atoms with E-state index >= 15 is 0 Å². The highest BCUT2D eigenvalue weighted by molar-refractivity contribution is 6.41. The van der Waals surface area contributed by atoms with Crippen LogP contribution >= 0.6 is 23.2 Å². The zero-order valence-corrected chi connectivity index (χ0v) is 20.4. The Balaban J connectivity index is 1.61. The van der Waals surface area contributed by atoms with Crippen LogP contribution in [0.2, 0.25) is 10.0 Å². The summed E-state index contributed by atoms with van der Waals surface area (Å²) in [6.45, 7) is 2.62. The second kappa shape index (κ2) is 9.95. The molecule has 0 amide bonds. The molecule has 11 heteroatoms. The predicted octanol–water partition coefficient (Wildman–Crippen LogP) is 4.42. The molecule has 4 heterocycles. The molecule has 5 rings (SSSR count). The molecule has 2 aliphatic heterocycles. The minimum atomic E-state index is 0.134. The molecule has 2 aliphatic rings. The molecule has 2 aromatic heterocycles. The molecule has 0 spiro atoms. The lowest BCUT2D eigenvalue weighted by molar-refractivity contribution is 0.0210. The summed E-state index contributed by atoms with van der Waals surface area (Å²) in [5, 5.41) is 8.27. The van der Waals surface area contributed by atoms with Gasteiger partial charge in [-0.25, -0.2) is 15.0 Å². The highest BCUT2D eigenvalue weighted by atomic mass is 35.5. The summed E-state index contributed by atoms with van der Waals surface area (Å²) < 4.78 is 21.8. The average molecular weight is 506 g/mol. The Labute approximate surface area is 207 Å². The number of aromatic nitrogens is 3. The van der Waals surface area contributed by atoms with Crippen LogP contribution in [0.25, 0.3) is 22.2 Å². The first-order chi connectivity index (χ1) is 16.6. The molecule has 0 aliphatic carbocycles. The van der Waals surface area contributed by atoms with Crippen LogP contribution in [0.3, 0.4) is 0 Å². The number of nitrogens with zero attached hydrogens (tertiary/aromatic N) is 3. The SMILES string of the molecule is COc1cc(OC)c(Cl)c(-c2cc3cnc(NC4CCCOC4)nc3c(NC3COC3)n2)c1Cl. The Hall–Kier alpha value is -2.59. The first-order valence-electron chi connectivity index (χ1n) is 11.0. The highest BCUT2D eigenvalue weighted by Crippen LogP contribution is 2.46. The van der Waals surface area contributed by atoms with E-state index in [9.17, 15) is 0 Å². The van der Waals surface area contributed by atoms with Gasteiger partial charge in [0.1, 0.15) is 17.0 Å². The number of halogens is 2. The second-order valence-electron chi connectivity index (χ2n) is 8.21. The van der Waals surface area contributed by atoms with Crippen LogP contribution in [0, 0.1) is 0 Å². The molecule has 2 saturated heterocycles. The summed E-state index contributed by atoms with van der Waals surface area (Å²) in [6.07, 6.45) is 3.79. The van der Waals surface area contributed by atoms with Crippen LogP contribution in [0.15, 0.2) is 18.3 Å². The third-order valence-electron chi connectivity index (χ3n) is 5.87. The monoisotopic (exact) mass is 505 g/mol. The van der Waals surface area contributed by atoms with Gasteiger partial charge in [-0.1, -0.05) is 23.2 Å². The number of hydrogen-bond donors (Lipinski definition) is 2. The van der Waals surface area contributed by atoms with Gasteiger partial charge in [0.2, 0.25) is 5.95 Å². The summed E-state index contributed by atoms with van der Waals surface area (Å²) >= 11 is 13.3. The number of fused-ring (bicyclic) bond motifs is 1. The summed E-state index contributed by atoms with van der Waals surface area (Å²) in [7, 11) is 3.07. The smallest absolute Gasteiger partial charge is 0.223 e. The van der Waals surface area contributed by atoms with Gasteiger partial charge < -0.3 is 29.6 Å². The van der Waals surface area contributed by atoms with E-state index in [0.717, 1.165) is 24.8 Å². The number of ether oxygens (including phenoxy) is 4. The van der Waals surface area contributed by atoms with Gasteiger partial charge in [0.25, 0.3) is 0 Å². The molecular weight excluding hydrogens is 481 g/mol. The largest absolute Gasteiger partial charge is 0.495 e. The minimum absolute atomic E-state index is 0.134. The quantitative estimate of drug-likeness (QED) is 0.483. The van der Waals surface area contributed by atoms with Crippen molar-refractivity contribution < 1.29 is 18.9 Å². The molecule has 2 N–H and O–H groups in total. The van der Waals surface area contributed by atoms with Crippen molar-refractivity contribution in [2.24, 2.45) is 0 Å². The Kier molecular flexibility index (Phi) is 6.78. The van der Waals surface area contributed by atoms with Crippen molar-refractivity contribution in [3.05, 3.63) is 28.4 Å². The highest BCUT2D eigenvalue weighted by Gasteiger charge is 2.24. The normalized spacial score (nSPS) is 18.4. The zero-order valence-electron chi connectivity index (χ0n) is 18.9. The Morgan fingerprint density at radius 3 is 2.29 bits per heavy atom. The first kappa shape index (κ1) is 23.2. The molecule has 0 saturated carbocycles. The van der Waals surface area contributed by atoms with Crippen LogP contribution in [-0.2, 0) is 9.47 Å². The number of pyridine rings is 1. The van der Waals surface area contributed by atoms with Crippen LogP contribution in [-0.4, -0.2) is 67.7 Å². The topological polar surface area (TPSA) is 99.7 Å². The fourth-order valence-corrected chi connectivity index (χ4v) is 4.69. The lowest BCUT2D eigenvalue weighted by Gasteiger charge is -2.28. The van der Waals surface area contributed by atoms with E-state index in [2.05, 4.69) is 15.6 Å². The van der Waals surface area contributed by atoms with Crippen molar-refractivity contribution >= 4 is 45.9 Å². The summed E-state index contributed by atoms with van der Waals surface area (Å²) in [5.74, 6) is 2.00. The van der Waals surface area contributed by atoms with E-state index in [1.807, 2.05) is 6.07 Å². The maximum absolute atomic E-state index is 6.66. The molecule has 34 heavy (non-hydrogen) atoms. The third-order valence-corrected chi connectivity index (χ3v) is 6.62. The Morgan fingerprint density at radius 2 is 1.68 bits per heavy atom. The van der Waals surface area contributed by atoms with E-state index in [1.54, 1.807) is 12.3 Å². The Morgan fingerprint density at radius 1 is 0.941 bits per heavy atom. The van der Waals surface area contributed by atoms with Gasteiger partial charge in [-0.05, 0) is 18.9 Å². The number of methoxy groups -OCH3 is 2. The van der Waals surface area contributed by atoms with Crippen molar-refractivity contribution in [1.29, 1.82) is 0 Å². The van der Waals surface area contributed by atoms with Crippen LogP contribution < -0.4 is 20.1 Å². The van der Waals surface area contributed by atoms with Gasteiger partial charge in [-0.3, -0.25) is 0 Å². The molecule has 3 aromatic rings. The molecule has 1 unspecified atom stereocenters. The second-order valence-corrected chi connectivity index (χ2v) is 8.96. The van der Waals surface area contributed by atoms with Gasteiger partial charge >= 0.3 is 0 Å². The lowest BCUT2D eigenvalue weighted by atomic mass is 10.1. The number of nitrogens with one attached hydrogen (secondary N) is 2. The van der Waals surface area contributed by atoms with Crippen molar-refractivity contribution in [3.63, 3.8) is 0 Å². The molecule has 1 aromatic carbocycles. The summed E-state index contributed by atoms with van der Waals surface area (Å²) in [5.41, 5.74) is 1.75. The number of anilines is 2. The number of hydrogen-bond acceptors (Lipinski definition) is 9. The first-order valence-corrected chi connectivity index (χ1v) is 11.8. The maximum atomic E-state index is 6.66. The number of rotatable bonds is 7. The molecule has 2 fully saturated rings. The van der Waals surface area contributed by atoms with E-state index in [-0.39, 0.29) is 12.1 Å². The maximum Gasteiger partial charge on any atom is 0.223 e. The Bertz CT molecular complexity index is 1170. The van der Waals surface area contributed by atoms with Crippen LogP contribution in [0.4, 0.5) is 11.8 Å². The molecule has 9 nitrogen and oxygen atoms in total. The van der Waals surface area contributed by atoms with Gasteiger partial charge in [0, 0.05) is 29.8 Å². The molecule has 0 bridgehead atoms. The molecule has 1 atom stereocenters. The average Bonchev–Trinajstić information content (AvgIpc) is 2.82. The van der Waals surface area contributed by atoms with Crippen LogP contribution in [0.5, 0.6) is 11.5 Å². The van der Waals surface area contributed by atoms with Gasteiger partial charge in [0.05, 0.1) is 61.9 Å². The fraction of sp³-hybridized carbons (Fsp3) is 0.435. The summed E-state index contributed by atoms with van der Waals surface area (Å²) in [4.78, 5) is 14.2. The van der Waals surface area contributed by atoms with Crippen LogP contribution in [0.1, 0.15) is 12.8 Å². The van der Waals surface area contributed by atoms with E-state index in [4.69, 9.17) is 52.1 Å². The standard InChI is InChI=1S/C23H25Cl2N5O4/c1-31-16-7-17(32-2)20(25)18(19(16)24)15-6-12-8-26-23(28-13-4-3-5-33-9-13)30-21(12)22(29-15)27-14-10-34-11-14/h6-8,13-14H,3-5,9-11H2,1-2H3,(H,27,29)(H,26,28,30). The third kappa shape index (κ3) is 4.53. The number of benzene rings is 1. The van der Waals surface area contributed by atoms with Gasteiger partial charge in [0.15, 0.2) is 5.82 Å². The fourth-order valence-electron chi connectivity index (χ4n) is 4.00. The van der Waals surface area contributed by atoms with Crippen molar-refractivity contribution in [3.8, 4) is 22.8 Å². The molecule has 180 valence electrons. The van der Waals surface area contributed by atoms with E-state index in [1.165, 1.54) is 14.2 Å². The molecule has 0 radical (unpaired) electrons. The van der Waals surface area contributed by atoms with Crippen molar-refractivity contribution in [2.75, 3.05) is 51.3 Å². The molecular formula is C23H25Cl2N5O4.